The molecule has 0 heterocycles. The van der Waals surface area contributed by atoms with Crippen molar-refractivity contribution < 1.29 is 9.47 Å². The smallest absolute Gasteiger partial charge is 0.0784 e. The van der Waals surface area contributed by atoms with E-state index in [2.05, 4.69) is 36.5 Å². The molecule has 3 heteroatoms. The molecular formula is C15H25NO2. The van der Waals surface area contributed by atoms with E-state index in [1.165, 1.54) is 11.1 Å². The zero-order chi connectivity index (χ0) is 13.2. The fourth-order valence-electron chi connectivity index (χ4n) is 1.86. The third-order valence-corrected chi connectivity index (χ3v) is 2.86. The van der Waals surface area contributed by atoms with Crippen LogP contribution in [0.3, 0.4) is 0 Å². The van der Waals surface area contributed by atoms with E-state index in [1.807, 2.05) is 6.92 Å². The van der Waals surface area contributed by atoms with E-state index in [-0.39, 0.29) is 6.10 Å². The Bertz CT molecular complexity index is 328. The number of rotatable bonds is 9. The molecular weight excluding hydrogens is 226 g/mol. The molecule has 0 radical (unpaired) electrons. The quantitative estimate of drug-likeness (QED) is 0.684. The van der Waals surface area contributed by atoms with E-state index in [1.54, 1.807) is 7.11 Å². The molecule has 0 aliphatic carbocycles. The molecule has 0 bridgehead atoms. The highest BCUT2D eigenvalue weighted by Crippen LogP contribution is 2.11. The van der Waals surface area contributed by atoms with Gasteiger partial charge in [0.05, 0.1) is 19.3 Å². The van der Waals surface area contributed by atoms with E-state index >= 15 is 0 Å². The summed E-state index contributed by atoms with van der Waals surface area (Å²) in [5, 5.41) is 3.35. The molecule has 3 nitrogen and oxygen atoms in total. The first kappa shape index (κ1) is 15.2. The maximum absolute atomic E-state index is 5.77. The van der Waals surface area contributed by atoms with Crippen LogP contribution in [-0.2, 0) is 22.5 Å². The summed E-state index contributed by atoms with van der Waals surface area (Å²) in [6.07, 6.45) is 1.18. The van der Waals surface area contributed by atoms with Crippen molar-refractivity contribution in [3.05, 3.63) is 35.4 Å². The van der Waals surface area contributed by atoms with Gasteiger partial charge in [0.1, 0.15) is 0 Å². The third-order valence-electron chi connectivity index (χ3n) is 2.86. The molecule has 0 spiro atoms. The van der Waals surface area contributed by atoms with Crippen molar-refractivity contribution in [1.29, 1.82) is 0 Å². The largest absolute Gasteiger partial charge is 0.382 e. The van der Waals surface area contributed by atoms with Crippen molar-refractivity contribution in [2.75, 3.05) is 26.8 Å². The van der Waals surface area contributed by atoms with Crippen molar-refractivity contribution >= 4 is 0 Å². The van der Waals surface area contributed by atoms with Gasteiger partial charge in [0, 0.05) is 7.11 Å². The van der Waals surface area contributed by atoms with Crippen LogP contribution in [0.1, 0.15) is 25.0 Å². The molecule has 1 N–H and O–H groups in total. The molecule has 0 aromatic heterocycles. The number of ether oxygens (including phenoxy) is 2. The summed E-state index contributed by atoms with van der Waals surface area (Å²) in [6, 6.07) is 8.47. The molecule has 1 rings (SSSR count). The number of hydrogen-bond acceptors (Lipinski definition) is 3. The van der Waals surface area contributed by atoms with E-state index in [0.717, 1.165) is 19.5 Å². The molecule has 1 aromatic rings. The second-order valence-corrected chi connectivity index (χ2v) is 4.45. The Balaban J connectivity index is 2.48. The average Bonchev–Trinajstić information content (AvgIpc) is 2.38. The van der Waals surface area contributed by atoms with Gasteiger partial charge in [-0.15, -0.1) is 0 Å². The van der Waals surface area contributed by atoms with Gasteiger partial charge in [-0.1, -0.05) is 31.2 Å². The Morgan fingerprint density at radius 3 is 2.61 bits per heavy atom. The molecule has 0 amide bonds. The fourth-order valence-corrected chi connectivity index (χ4v) is 1.86. The first-order chi connectivity index (χ1) is 8.77. The van der Waals surface area contributed by atoms with Gasteiger partial charge in [-0.25, -0.2) is 0 Å². The fraction of sp³-hybridized carbons (Fsp3) is 0.600. The first-order valence-electron chi connectivity index (χ1n) is 6.66. The average molecular weight is 251 g/mol. The summed E-state index contributed by atoms with van der Waals surface area (Å²) in [4.78, 5) is 0. The Hall–Kier alpha value is -0.900. The maximum Gasteiger partial charge on any atom is 0.0784 e. The first-order valence-corrected chi connectivity index (χ1v) is 6.66. The molecule has 0 aliphatic heterocycles. The van der Waals surface area contributed by atoms with Crippen molar-refractivity contribution in [2.45, 2.75) is 33.0 Å². The second kappa shape index (κ2) is 9.09. The van der Waals surface area contributed by atoms with E-state index in [9.17, 15) is 0 Å². The van der Waals surface area contributed by atoms with Crippen molar-refractivity contribution in [3.8, 4) is 0 Å². The van der Waals surface area contributed by atoms with Crippen molar-refractivity contribution in [3.63, 3.8) is 0 Å². The van der Waals surface area contributed by atoms with Crippen LogP contribution in [0.5, 0.6) is 0 Å². The van der Waals surface area contributed by atoms with Gasteiger partial charge in [-0.05, 0) is 37.6 Å². The molecule has 1 atom stereocenters. The Morgan fingerprint density at radius 1 is 1.22 bits per heavy atom. The monoisotopic (exact) mass is 251 g/mol. The zero-order valence-corrected chi connectivity index (χ0v) is 11.7. The minimum Gasteiger partial charge on any atom is -0.382 e. The number of methoxy groups -OCH3 is 1. The number of likely N-dealkylation sites (N-methyl/N-ethyl adjacent to an activating group) is 1. The Morgan fingerprint density at radius 2 is 1.94 bits per heavy atom. The van der Waals surface area contributed by atoms with Crippen molar-refractivity contribution in [1.82, 2.24) is 5.32 Å². The van der Waals surface area contributed by atoms with Gasteiger partial charge in [0.15, 0.2) is 0 Å². The number of benzene rings is 1. The second-order valence-electron chi connectivity index (χ2n) is 4.45. The highest BCUT2D eigenvalue weighted by Gasteiger charge is 2.05. The van der Waals surface area contributed by atoms with Crippen LogP contribution in [0.25, 0.3) is 0 Å². The lowest BCUT2D eigenvalue weighted by atomic mass is 10.1. The predicted molar refractivity (Wildman–Crippen MR) is 74.8 cm³/mol. The molecule has 0 saturated heterocycles. The molecule has 102 valence electrons. The third kappa shape index (κ3) is 5.63. The topological polar surface area (TPSA) is 30.5 Å². The SMILES string of the molecule is CCNCCc1ccccc1COC(C)COC. The molecule has 0 aliphatic rings. The minimum atomic E-state index is 0.136. The van der Waals surface area contributed by atoms with Crippen LogP contribution in [0.15, 0.2) is 24.3 Å². The highest BCUT2D eigenvalue weighted by atomic mass is 16.5. The molecule has 18 heavy (non-hydrogen) atoms. The van der Waals surface area contributed by atoms with Gasteiger partial charge >= 0.3 is 0 Å². The predicted octanol–water partition coefficient (Wildman–Crippen LogP) is 2.39. The number of hydrogen-bond donors (Lipinski definition) is 1. The summed E-state index contributed by atoms with van der Waals surface area (Å²) in [5.74, 6) is 0. The lowest BCUT2D eigenvalue weighted by Crippen LogP contribution is -2.18. The van der Waals surface area contributed by atoms with Crippen LogP contribution in [0, 0.1) is 0 Å². The summed E-state index contributed by atoms with van der Waals surface area (Å²) >= 11 is 0. The minimum absolute atomic E-state index is 0.136. The lowest BCUT2D eigenvalue weighted by Gasteiger charge is -2.14. The lowest BCUT2D eigenvalue weighted by molar-refractivity contribution is -0.000365. The summed E-state index contributed by atoms with van der Waals surface area (Å²) in [6.45, 7) is 7.49. The molecule has 1 unspecified atom stereocenters. The molecule has 0 fully saturated rings. The Labute approximate surface area is 110 Å². The summed E-state index contributed by atoms with van der Waals surface area (Å²) in [5.41, 5.74) is 2.64. The van der Waals surface area contributed by atoms with E-state index in [4.69, 9.17) is 9.47 Å². The van der Waals surface area contributed by atoms with Crippen LogP contribution < -0.4 is 5.32 Å². The molecule has 0 saturated carbocycles. The maximum atomic E-state index is 5.77. The highest BCUT2D eigenvalue weighted by molar-refractivity contribution is 5.26. The van der Waals surface area contributed by atoms with Crippen LogP contribution in [0.2, 0.25) is 0 Å². The standard InChI is InChI=1S/C15H25NO2/c1-4-16-10-9-14-7-5-6-8-15(14)12-18-13(2)11-17-3/h5-8,13,16H,4,9-12H2,1-3H3. The van der Waals surface area contributed by atoms with E-state index in [0.29, 0.717) is 13.2 Å². The number of nitrogens with one attached hydrogen (secondary N) is 1. The summed E-state index contributed by atoms with van der Waals surface area (Å²) < 4.78 is 10.8. The van der Waals surface area contributed by atoms with Gasteiger partial charge in [0.2, 0.25) is 0 Å². The van der Waals surface area contributed by atoms with Crippen molar-refractivity contribution in [2.24, 2.45) is 0 Å². The zero-order valence-electron chi connectivity index (χ0n) is 11.7. The van der Waals surface area contributed by atoms with Crippen LogP contribution in [-0.4, -0.2) is 32.9 Å². The van der Waals surface area contributed by atoms with Gasteiger partial charge < -0.3 is 14.8 Å². The summed E-state index contributed by atoms with van der Waals surface area (Å²) in [7, 11) is 1.70. The normalized spacial score (nSPS) is 12.6. The van der Waals surface area contributed by atoms with Gasteiger partial charge in [-0.2, -0.15) is 0 Å². The van der Waals surface area contributed by atoms with Crippen LogP contribution >= 0.6 is 0 Å². The Kier molecular flexibility index (Phi) is 7.65. The van der Waals surface area contributed by atoms with Gasteiger partial charge in [0.25, 0.3) is 0 Å². The van der Waals surface area contributed by atoms with Crippen LogP contribution in [0.4, 0.5) is 0 Å². The van der Waals surface area contributed by atoms with Gasteiger partial charge in [-0.3, -0.25) is 0 Å². The molecule has 1 aromatic carbocycles. The van der Waals surface area contributed by atoms with E-state index < -0.39 is 0 Å².